The van der Waals surface area contributed by atoms with E-state index in [0.29, 0.717) is 31.0 Å². The van der Waals surface area contributed by atoms with Crippen molar-refractivity contribution in [3.63, 3.8) is 0 Å². The molecule has 23 heavy (non-hydrogen) atoms. The fourth-order valence-corrected chi connectivity index (χ4v) is 4.26. The molecule has 0 spiro atoms. The summed E-state index contributed by atoms with van der Waals surface area (Å²) in [6.45, 7) is 4.00. The van der Waals surface area contributed by atoms with E-state index in [1.165, 1.54) is 22.7 Å². The molecule has 2 aromatic heterocycles. The molecule has 2 aromatic rings. The Labute approximate surface area is 143 Å². The zero-order valence-corrected chi connectivity index (χ0v) is 15.4. The monoisotopic (exact) mass is 376 g/mol. The molecule has 0 radical (unpaired) electrons. The number of anilines is 2. The molecular formula is C13H17ClN4O3S2. The Kier molecular flexibility index (Phi) is 4.39. The first-order chi connectivity index (χ1) is 10.8. The lowest BCUT2D eigenvalue weighted by Gasteiger charge is -2.34. The SMILES string of the molecule is C[C@@H]1COCCN1c1nc(Cl)nc2c(N(C)S(C)(=O)=O)csc12. The van der Waals surface area contributed by atoms with E-state index >= 15 is 0 Å². The van der Waals surface area contributed by atoms with Crippen molar-refractivity contribution in [2.75, 3.05) is 42.3 Å². The molecule has 126 valence electrons. The lowest BCUT2D eigenvalue weighted by Crippen LogP contribution is -2.44. The Bertz CT molecular complexity index is 839. The Morgan fingerprint density at radius 2 is 2.22 bits per heavy atom. The molecule has 1 saturated heterocycles. The van der Waals surface area contributed by atoms with Crippen molar-refractivity contribution in [2.24, 2.45) is 0 Å². The van der Waals surface area contributed by atoms with Crippen molar-refractivity contribution in [1.82, 2.24) is 9.97 Å². The largest absolute Gasteiger partial charge is 0.377 e. The lowest BCUT2D eigenvalue weighted by molar-refractivity contribution is 0.0987. The fraction of sp³-hybridized carbons (Fsp3) is 0.538. The number of morpholine rings is 1. The minimum absolute atomic E-state index is 0.104. The van der Waals surface area contributed by atoms with E-state index in [9.17, 15) is 8.42 Å². The minimum Gasteiger partial charge on any atom is -0.377 e. The van der Waals surface area contributed by atoms with Crippen LogP contribution in [0.25, 0.3) is 10.2 Å². The van der Waals surface area contributed by atoms with Crippen LogP contribution in [0.1, 0.15) is 6.92 Å². The first-order valence-corrected chi connectivity index (χ1v) is 10.1. The molecule has 1 atom stereocenters. The summed E-state index contributed by atoms with van der Waals surface area (Å²) in [5.41, 5.74) is 1.07. The molecular weight excluding hydrogens is 360 g/mol. The summed E-state index contributed by atoms with van der Waals surface area (Å²) in [7, 11) is -1.87. The number of hydrogen-bond acceptors (Lipinski definition) is 7. The number of fused-ring (bicyclic) bond motifs is 1. The number of nitrogens with zero attached hydrogens (tertiary/aromatic N) is 4. The van der Waals surface area contributed by atoms with Crippen LogP contribution in [0.3, 0.4) is 0 Å². The van der Waals surface area contributed by atoms with E-state index in [0.717, 1.165) is 16.8 Å². The number of hydrogen-bond donors (Lipinski definition) is 0. The van der Waals surface area contributed by atoms with Gasteiger partial charge in [-0.25, -0.2) is 13.4 Å². The van der Waals surface area contributed by atoms with Gasteiger partial charge >= 0.3 is 0 Å². The smallest absolute Gasteiger partial charge is 0.232 e. The maximum absolute atomic E-state index is 11.8. The van der Waals surface area contributed by atoms with Crippen LogP contribution < -0.4 is 9.21 Å². The number of thiophene rings is 1. The van der Waals surface area contributed by atoms with Crippen LogP contribution in [0, 0.1) is 0 Å². The molecule has 1 fully saturated rings. The normalized spacial score (nSPS) is 19.3. The predicted octanol–water partition coefficient (Wildman–Crippen LogP) is 1.97. The highest BCUT2D eigenvalue weighted by atomic mass is 35.5. The first kappa shape index (κ1) is 16.7. The summed E-state index contributed by atoms with van der Waals surface area (Å²) in [5, 5.41) is 1.87. The quantitative estimate of drug-likeness (QED) is 0.762. The van der Waals surface area contributed by atoms with Crippen molar-refractivity contribution in [1.29, 1.82) is 0 Å². The maximum Gasteiger partial charge on any atom is 0.232 e. The average molecular weight is 377 g/mol. The Morgan fingerprint density at radius 3 is 2.87 bits per heavy atom. The molecule has 0 aromatic carbocycles. The van der Waals surface area contributed by atoms with Gasteiger partial charge in [-0.1, -0.05) is 0 Å². The van der Waals surface area contributed by atoms with Crippen molar-refractivity contribution in [2.45, 2.75) is 13.0 Å². The van der Waals surface area contributed by atoms with Crippen LogP contribution >= 0.6 is 22.9 Å². The molecule has 7 nitrogen and oxygen atoms in total. The summed E-state index contributed by atoms with van der Waals surface area (Å²) in [6.07, 6.45) is 1.16. The molecule has 0 unspecified atom stereocenters. The fourth-order valence-electron chi connectivity index (χ4n) is 2.50. The zero-order chi connectivity index (χ0) is 16.8. The van der Waals surface area contributed by atoms with Gasteiger partial charge in [0.1, 0.15) is 5.52 Å². The Morgan fingerprint density at radius 1 is 1.48 bits per heavy atom. The predicted molar refractivity (Wildman–Crippen MR) is 93.3 cm³/mol. The number of aromatic nitrogens is 2. The van der Waals surface area contributed by atoms with Gasteiger partial charge in [0.2, 0.25) is 15.3 Å². The molecule has 1 aliphatic rings. The molecule has 1 aliphatic heterocycles. The third-order valence-corrected chi connectivity index (χ3v) is 6.14. The number of rotatable bonds is 3. The third-order valence-electron chi connectivity index (χ3n) is 3.83. The van der Waals surface area contributed by atoms with Gasteiger partial charge in [0.05, 0.1) is 35.9 Å². The van der Waals surface area contributed by atoms with Gasteiger partial charge in [0, 0.05) is 19.0 Å². The lowest BCUT2D eigenvalue weighted by atomic mass is 10.2. The van der Waals surface area contributed by atoms with E-state index in [4.69, 9.17) is 16.3 Å². The van der Waals surface area contributed by atoms with E-state index in [2.05, 4.69) is 21.8 Å². The van der Waals surface area contributed by atoms with E-state index < -0.39 is 10.0 Å². The van der Waals surface area contributed by atoms with Crippen LogP contribution in [0.15, 0.2) is 5.38 Å². The molecule has 0 aliphatic carbocycles. The second-order valence-electron chi connectivity index (χ2n) is 5.46. The molecule has 0 amide bonds. The van der Waals surface area contributed by atoms with E-state index in [-0.39, 0.29) is 11.3 Å². The first-order valence-electron chi connectivity index (χ1n) is 7.02. The Balaban J connectivity index is 2.16. The van der Waals surface area contributed by atoms with Gasteiger partial charge in [-0.3, -0.25) is 4.31 Å². The van der Waals surface area contributed by atoms with E-state index in [1.54, 1.807) is 5.38 Å². The number of sulfonamides is 1. The third kappa shape index (κ3) is 3.10. The second-order valence-corrected chi connectivity index (χ2v) is 8.69. The summed E-state index contributed by atoms with van der Waals surface area (Å²) in [5.74, 6) is 0.731. The van der Waals surface area contributed by atoms with Crippen molar-refractivity contribution in [3.05, 3.63) is 10.7 Å². The van der Waals surface area contributed by atoms with Crippen molar-refractivity contribution >= 4 is 54.7 Å². The summed E-state index contributed by atoms with van der Waals surface area (Å²) < 4.78 is 31.1. The zero-order valence-electron chi connectivity index (χ0n) is 13.0. The van der Waals surface area contributed by atoms with Gasteiger partial charge in [-0.2, -0.15) is 4.98 Å². The topological polar surface area (TPSA) is 75.6 Å². The molecule has 3 rings (SSSR count). The molecule has 0 saturated carbocycles. The molecule has 0 bridgehead atoms. The van der Waals surface area contributed by atoms with Crippen molar-refractivity contribution in [3.8, 4) is 0 Å². The highest BCUT2D eigenvalue weighted by Crippen LogP contribution is 2.38. The van der Waals surface area contributed by atoms with Gasteiger partial charge in [-0.15, -0.1) is 11.3 Å². The van der Waals surface area contributed by atoms with Gasteiger partial charge in [0.15, 0.2) is 5.82 Å². The Hall–Kier alpha value is -1.16. The second kappa shape index (κ2) is 6.04. The van der Waals surface area contributed by atoms with Crippen LogP contribution in [0.5, 0.6) is 0 Å². The van der Waals surface area contributed by atoms with Crippen LogP contribution in [0.4, 0.5) is 11.5 Å². The summed E-state index contributed by atoms with van der Waals surface area (Å²) in [6, 6.07) is 0.163. The molecule has 3 heterocycles. The van der Waals surface area contributed by atoms with Gasteiger partial charge in [0.25, 0.3) is 0 Å². The van der Waals surface area contributed by atoms with Crippen LogP contribution in [-0.2, 0) is 14.8 Å². The number of halogens is 1. The minimum atomic E-state index is -3.38. The number of ether oxygens (including phenoxy) is 1. The van der Waals surface area contributed by atoms with Crippen LogP contribution in [0.2, 0.25) is 5.28 Å². The molecule has 10 heteroatoms. The highest BCUT2D eigenvalue weighted by molar-refractivity contribution is 7.92. The standard InChI is InChI=1S/C13H17ClN4O3S2/c1-8-6-21-5-4-18(8)12-11-10(15-13(14)16-12)9(7-22-11)17(2)23(3,19)20/h7-8H,4-6H2,1-3H3/t8-/m1/s1. The molecule has 0 N–H and O–H groups in total. The maximum atomic E-state index is 11.8. The van der Waals surface area contributed by atoms with Crippen molar-refractivity contribution < 1.29 is 13.2 Å². The van der Waals surface area contributed by atoms with E-state index in [1.807, 2.05) is 0 Å². The van der Waals surface area contributed by atoms with Crippen LogP contribution in [-0.4, -0.2) is 57.5 Å². The average Bonchev–Trinajstić information content (AvgIpc) is 2.88. The highest BCUT2D eigenvalue weighted by Gasteiger charge is 2.26. The summed E-state index contributed by atoms with van der Waals surface area (Å²) in [4.78, 5) is 10.8. The van der Waals surface area contributed by atoms with Gasteiger partial charge in [-0.05, 0) is 18.5 Å². The van der Waals surface area contributed by atoms with Gasteiger partial charge < -0.3 is 9.64 Å². The summed E-state index contributed by atoms with van der Waals surface area (Å²) >= 11 is 7.51.